The van der Waals surface area contributed by atoms with E-state index >= 15 is 0 Å². The lowest BCUT2D eigenvalue weighted by atomic mass is 10.3. The Hall–Kier alpha value is -2.74. The standard InChI is InChI=1S/C12H11N5O2S/c18-10-8(6-13-12(20)16-10)7-14-17-11(19)15-9-4-2-1-3-5-9/h1-7H,(H2,15,17,19)(H2,13,16,18,20). The van der Waals surface area contributed by atoms with E-state index in [1.54, 1.807) is 24.3 Å². The molecule has 2 aromatic rings. The first kappa shape index (κ1) is 13.7. The predicted molar refractivity (Wildman–Crippen MR) is 78.4 cm³/mol. The van der Waals surface area contributed by atoms with E-state index in [0.717, 1.165) is 0 Å². The molecule has 0 unspecified atom stereocenters. The van der Waals surface area contributed by atoms with E-state index in [1.165, 1.54) is 12.4 Å². The molecule has 102 valence electrons. The second kappa shape index (κ2) is 6.43. The lowest BCUT2D eigenvalue weighted by molar-refractivity contribution is 0.252. The lowest BCUT2D eigenvalue weighted by Crippen LogP contribution is -2.24. The predicted octanol–water partition coefficient (Wildman–Crippen LogP) is 1.59. The van der Waals surface area contributed by atoms with Crippen LogP contribution in [0.25, 0.3) is 0 Å². The second-order valence-corrected chi connectivity index (χ2v) is 4.13. The molecule has 2 rings (SSSR count). The van der Waals surface area contributed by atoms with E-state index in [0.29, 0.717) is 5.69 Å². The van der Waals surface area contributed by atoms with Gasteiger partial charge in [0.25, 0.3) is 5.56 Å². The molecule has 0 aliphatic heterocycles. The highest BCUT2D eigenvalue weighted by Crippen LogP contribution is 2.03. The summed E-state index contributed by atoms with van der Waals surface area (Å²) in [5.41, 5.74) is 2.75. The van der Waals surface area contributed by atoms with Gasteiger partial charge in [-0.2, -0.15) is 5.10 Å². The van der Waals surface area contributed by atoms with Crippen LogP contribution in [0.3, 0.4) is 0 Å². The van der Waals surface area contributed by atoms with E-state index in [4.69, 9.17) is 12.2 Å². The largest absolute Gasteiger partial charge is 0.339 e. The van der Waals surface area contributed by atoms with Crippen LogP contribution in [0.5, 0.6) is 0 Å². The summed E-state index contributed by atoms with van der Waals surface area (Å²) in [5, 5.41) is 6.24. The van der Waals surface area contributed by atoms with Gasteiger partial charge in [0.1, 0.15) is 0 Å². The number of aromatic amines is 2. The maximum Gasteiger partial charge on any atom is 0.339 e. The molecule has 0 radical (unpaired) electrons. The molecule has 0 aliphatic carbocycles. The smallest absolute Gasteiger partial charge is 0.338 e. The van der Waals surface area contributed by atoms with Crippen LogP contribution < -0.4 is 16.3 Å². The van der Waals surface area contributed by atoms with E-state index in [-0.39, 0.29) is 15.9 Å². The first-order valence-electron chi connectivity index (χ1n) is 5.62. The summed E-state index contributed by atoms with van der Waals surface area (Å²) in [5.74, 6) is 0. The number of carbonyl (C=O) groups is 1. The Morgan fingerprint density at radius 1 is 1.30 bits per heavy atom. The van der Waals surface area contributed by atoms with Crippen LogP contribution in [0, 0.1) is 4.77 Å². The van der Waals surface area contributed by atoms with Crippen molar-refractivity contribution in [1.29, 1.82) is 0 Å². The molecule has 0 saturated heterocycles. The van der Waals surface area contributed by atoms with E-state index < -0.39 is 6.03 Å². The molecule has 8 heteroatoms. The highest BCUT2D eigenvalue weighted by atomic mass is 32.1. The van der Waals surface area contributed by atoms with Crippen molar-refractivity contribution < 1.29 is 4.79 Å². The number of amides is 2. The van der Waals surface area contributed by atoms with Gasteiger partial charge in [-0.25, -0.2) is 10.2 Å². The number of rotatable bonds is 3. The molecule has 2 amide bonds. The Morgan fingerprint density at radius 2 is 2.05 bits per heavy atom. The monoisotopic (exact) mass is 289 g/mol. The molecule has 0 fully saturated rings. The molecule has 0 bridgehead atoms. The molecular formula is C12H11N5O2S. The highest BCUT2D eigenvalue weighted by molar-refractivity contribution is 7.71. The molecule has 1 heterocycles. The molecule has 4 N–H and O–H groups in total. The van der Waals surface area contributed by atoms with Gasteiger partial charge in [-0.15, -0.1) is 0 Å². The van der Waals surface area contributed by atoms with Crippen LogP contribution in [0.15, 0.2) is 46.4 Å². The number of carbonyl (C=O) groups excluding carboxylic acids is 1. The molecule has 1 aromatic carbocycles. The first-order valence-corrected chi connectivity index (χ1v) is 6.03. The van der Waals surface area contributed by atoms with Crippen LogP contribution >= 0.6 is 12.2 Å². The van der Waals surface area contributed by atoms with Gasteiger partial charge in [0.05, 0.1) is 11.8 Å². The van der Waals surface area contributed by atoms with Crippen LogP contribution in [0.2, 0.25) is 0 Å². The van der Waals surface area contributed by atoms with Crippen LogP contribution in [-0.4, -0.2) is 22.2 Å². The SMILES string of the molecule is O=C(NN=Cc1c[nH]c(=S)[nH]c1=O)Nc1ccccc1. The maximum atomic E-state index is 11.5. The number of hydrogen-bond acceptors (Lipinski definition) is 4. The Bertz CT molecular complexity index is 735. The number of H-pyrrole nitrogens is 2. The number of hydrogen-bond donors (Lipinski definition) is 4. The summed E-state index contributed by atoms with van der Waals surface area (Å²) in [6, 6.07) is 8.41. The number of hydrazone groups is 1. The van der Waals surface area contributed by atoms with Crippen molar-refractivity contribution >= 4 is 30.2 Å². The van der Waals surface area contributed by atoms with Gasteiger partial charge < -0.3 is 10.3 Å². The summed E-state index contributed by atoms with van der Waals surface area (Å²) >= 11 is 4.75. The third-order valence-corrected chi connectivity index (χ3v) is 2.47. The Morgan fingerprint density at radius 3 is 2.75 bits per heavy atom. The molecule has 0 saturated carbocycles. The molecule has 0 aliphatic rings. The van der Waals surface area contributed by atoms with Crippen molar-refractivity contribution in [2.45, 2.75) is 0 Å². The zero-order valence-corrected chi connectivity index (χ0v) is 11.0. The fourth-order valence-electron chi connectivity index (χ4n) is 1.36. The molecule has 0 spiro atoms. The topological polar surface area (TPSA) is 102 Å². The van der Waals surface area contributed by atoms with E-state index in [1.807, 2.05) is 6.07 Å². The van der Waals surface area contributed by atoms with Crippen LogP contribution in [0.4, 0.5) is 10.5 Å². The van der Waals surface area contributed by atoms with Crippen molar-refractivity contribution in [2.24, 2.45) is 5.10 Å². The number of anilines is 1. The number of urea groups is 1. The van der Waals surface area contributed by atoms with Gasteiger partial charge in [-0.05, 0) is 24.4 Å². The summed E-state index contributed by atoms with van der Waals surface area (Å²) in [6.45, 7) is 0. The van der Waals surface area contributed by atoms with Gasteiger partial charge in [0.15, 0.2) is 4.77 Å². The van der Waals surface area contributed by atoms with Crippen LogP contribution in [0.1, 0.15) is 5.56 Å². The fourth-order valence-corrected chi connectivity index (χ4v) is 1.51. The average Bonchev–Trinajstić information content (AvgIpc) is 2.42. The summed E-state index contributed by atoms with van der Waals surface area (Å²) < 4.78 is 0.224. The minimum Gasteiger partial charge on any atom is -0.338 e. The van der Waals surface area contributed by atoms with Crippen molar-refractivity contribution in [1.82, 2.24) is 15.4 Å². The minimum atomic E-state index is -0.507. The fraction of sp³-hybridized carbons (Fsp3) is 0. The molecule has 20 heavy (non-hydrogen) atoms. The van der Waals surface area contributed by atoms with E-state index in [9.17, 15) is 9.59 Å². The first-order chi connectivity index (χ1) is 9.65. The Kier molecular flexibility index (Phi) is 4.40. The van der Waals surface area contributed by atoms with Gasteiger partial charge in [-0.1, -0.05) is 18.2 Å². The summed E-state index contributed by atoms with van der Waals surface area (Å²) in [7, 11) is 0. The number of aromatic nitrogens is 2. The van der Waals surface area contributed by atoms with Crippen molar-refractivity contribution in [2.75, 3.05) is 5.32 Å². The van der Waals surface area contributed by atoms with Crippen molar-refractivity contribution in [3.8, 4) is 0 Å². The van der Waals surface area contributed by atoms with Gasteiger partial charge in [0.2, 0.25) is 0 Å². The van der Waals surface area contributed by atoms with Crippen molar-refractivity contribution in [3.05, 3.63) is 57.2 Å². The lowest BCUT2D eigenvalue weighted by Gasteiger charge is -2.02. The molecule has 1 aromatic heterocycles. The number of para-hydroxylation sites is 1. The van der Waals surface area contributed by atoms with E-state index in [2.05, 4.69) is 25.8 Å². The van der Waals surface area contributed by atoms with Crippen molar-refractivity contribution in [3.63, 3.8) is 0 Å². The Balaban J connectivity index is 1.94. The number of nitrogens with zero attached hydrogens (tertiary/aromatic N) is 1. The normalized spacial score (nSPS) is 10.4. The summed E-state index contributed by atoms with van der Waals surface area (Å²) in [4.78, 5) is 28.0. The zero-order valence-electron chi connectivity index (χ0n) is 10.2. The second-order valence-electron chi connectivity index (χ2n) is 3.72. The van der Waals surface area contributed by atoms with Gasteiger partial charge in [-0.3, -0.25) is 9.78 Å². The Labute approximate surface area is 118 Å². The van der Waals surface area contributed by atoms with Gasteiger partial charge >= 0.3 is 6.03 Å². The summed E-state index contributed by atoms with van der Waals surface area (Å²) in [6.07, 6.45) is 2.62. The molecule has 7 nitrogen and oxygen atoms in total. The number of benzene rings is 1. The minimum absolute atomic E-state index is 0.224. The average molecular weight is 289 g/mol. The molecular weight excluding hydrogens is 278 g/mol. The van der Waals surface area contributed by atoms with Gasteiger partial charge in [0, 0.05) is 11.9 Å². The van der Waals surface area contributed by atoms with Crippen LogP contribution in [-0.2, 0) is 0 Å². The highest BCUT2D eigenvalue weighted by Gasteiger charge is 1.99. The maximum absolute atomic E-state index is 11.5. The quantitative estimate of drug-likeness (QED) is 0.392. The molecule has 0 atom stereocenters. The third kappa shape index (κ3) is 3.89. The zero-order chi connectivity index (χ0) is 14.4. The number of nitrogens with one attached hydrogen (secondary N) is 4. The third-order valence-electron chi connectivity index (χ3n) is 2.25.